The van der Waals surface area contributed by atoms with Gasteiger partial charge in [0.1, 0.15) is 23.1 Å². The van der Waals surface area contributed by atoms with E-state index in [4.69, 9.17) is 11.6 Å². The Balaban J connectivity index is 1.70. The van der Waals surface area contributed by atoms with Gasteiger partial charge in [-0.3, -0.25) is 14.4 Å². The Hall–Kier alpha value is -3.20. The Labute approximate surface area is 177 Å². The minimum Gasteiger partial charge on any atom is -0.381 e. The zero-order chi connectivity index (χ0) is 22.1. The number of anilines is 2. The maximum Gasteiger partial charge on any atom is 0.270 e. The summed E-state index contributed by atoms with van der Waals surface area (Å²) >= 11 is 6.03. The summed E-state index contributed by atoms with van der Waals surface area (Å²) in [5.41, 5.74) is -0.0771. The number of carbonyl (C=O) groups is 3. The summed E-state index contributed by atoms with van der Waals surface area (Å²) in [5.74, 6) is -2.11. The summed E-state index contributed by atoms with van der Waals surface area (Å²) < 4.78 is 13.0. The summed E-state index contributed by atoms with van der Waals surface area (Å²) in [5, 5.41) is 8.83. The lowest BCUT2D eigenvalue weighted by atomic mass is 10.0. The van der Waals surface area contributed by atoms with Gasteiger partial charge in [0.05, 0.1) is 17.6 Å². The first kappa shape index (κ1) is 21.5. The number of nitrogens with zero attached hydrogens (tertiary/aromatic N) is 2. The molecule has 30 heavy (non-hydrogen) atoms. The topological polar surface area (TPSA) is 103 Å². The molecule has 3 amide bonds. The van der Waals surface area contributed by atoms with Crippen molar-refractivity contribution >= 4 is 40.7 Å². The van der Waals surface area contributed by atoms with Crippen molar-refractivity contribution in [3.8, 4) is 0 Å². The van der Waals surface area contributed by atoms with Crippen molar-refractivity contribution < 1.29 is 18.8 Å². The lowest BCUT2D eigenvalue weighted by Gasteiger charge is -2.28. The van der Waals surface area contributed by atoms with Crippen molar-refractivity contribution in [1.82, 2.24) is 15.6 Å². The van der Waals surface area contributed by atoms with Gasteiger partial charge in [0, 0.05) is 18.6 Å². The van der Waals surface area contributed by atoms with E-state index in [0.717, 1.165) is 12.3 Å². The van der Waals surface area contributed by atoms with Gasteiger partial charge in [0.2, 0.25) is 5.91 Å². The molecular weight excluding hydrogens is 413 g/mol. The van der Waals surface area contributed by atoms with E-state index < -0.39 is 29.2 Å². The summed E-state index contributed by atoms with van der Waals surface area (Å²) in [6.45, 7) is 3.15. The van der Waals surface area contributed by atoms with Crippen LogP contribution in [0.15, 0.2) is 36.5 Å². The van der Waals surface area contributed by atoms with Crippen molar-refractivity contribution in [3.05, 3.63) is 53.1 Å². The van der Waals surface area contributed by atoms with E-state index in [9.17, 15) is 18.8 Å². The van der Waals surface area contributed by atoms with Crippen LogP contribution in [0.3, 0.4) is 0 Å². The first-order chi connectivity index (χ1) is 14.1. The molecule has 0 saturated carbocycles. The predicted molar refractivity (Wildman–Crippen MR) is 111 cm³/mol. The van der Waals surface area contributed by atoms with Crippen LogP contribution in [0.2, 0.25) is 5.02 Å². The van der Waals surface area contributed by atoms with Gasteiger partial charge in [-0.1, -0.05) is 11.6 Å². The fourth-order valence-corrected chi connectivity index (χ4v) is 3.12. The van der Waals surface area contributed by atoms with Crippen molar-refractivity contribution in [2.24, 2.45) is 0 Å². The van der Waals surface area contributed by atoms with Gasteiger partial charge >= 0.3 is 0 Å². The third-order valence-corrected chi connectivity index (χ3v) is 4.94. The van der Waals surface area contributed by atoms with Crippen molar-refractivity contribution in [2.45, 2.75) is 25.4 Å². The standard InChI is InChI=1S/C20H21ClFN5O3/c1-20(2,26-17(28)14-7-5-12(22)9-23-14)19(30)25-15-10-24-13-6-4-11(21)8-16(13)27(3)18(15)29/h4-9,15,24H,10H2,1-3H3,(H,25,30)(H,26,28)/t15-/m1/s1. The smallest absolute Gasteiger partial charge is 0.270 e. The van der Waals surface area contributed by atoms with Crippen molar-refractivity contribution in [1.29, 1.82) is 0 Å². The molecular formula is C20H21ClFN5O3. The Kier molecular flexibility index (Phi) is 5.93. The van der Waals surface area contributed by atoms with Crippen LogP contribution in [0.5, 0.6) is 0 Å². The molecule has 1 aromatic carbocycles. The highest BCUT2D eigenvalue weighted by atomic mass is 35.5. The Morgan fingerprint density at radius 2 is 2.03 bits per heavy atom. The van der Waals surface area contributed by atoms with Crippen molar-refractivity contribution in [3.63, 3.8) is 0 Å². The monoisotopic (exact) mass is 433 g/mol. The fraction of sp³-hybridized carbons (Fsp3) is 0.300. The van der Waals surface area contributed by atoms with Crippen LogP contribution in [-0.2, 0) is 9.59 Å². The Morgan fingerprint density at radius 3 is 2.70 bits per heavy atom. The zero-order valence-corrected chi connectivity index (χ0v) is 17.4. The normalized spacial score (nSPS) is 16.2. The van der Waals surface area contributed by atoms with E-state index in [1.165, 1.54) is 24.8 Å². The number of carbonyl (C=O) groups excluding carboxylic acids is 3. The number of rotatable bonds is 4. The second kappa shape index (κ2) is 8.27. The molecule has 3 N–H and O–H groups in total. The van der Waals surface area contributed by atoms with E-state index in [1.54, 1.807) is 25.2 Å². The average molecular weight is 434 g/mol. The summed E-state index contributed by atoms with van der Waals surface area (Å²) in [6.07, 6.45) is 0.914. The molecule has 1 aliphatic heterocycles. The van der Waals surface area contributed by atoms with Crippen LogP contribution in [0.4, 0.5) is 15.8 Å². The zero-order valence-electron chi connectivity index (χ0n) is 16.6. The molecule has 1 aliphatic rings. The number of pyridine rings is 1. The number of hydrogen-bond acceptors (Lipinski definition) is 5. The molecule has 0 unspecified atom stereocenters. The van der Waals surface area contributed by atoms with Gasteiger partial charge in [0.15, 0.2) is 0 Å². The maximum atomic E-state index is 13.0. The molecule has 0 saturated heterocycles. The minimum atomic E-state index is -1.35. The Bertz CT molecular complexity index is 996. The van der Waals surface area contributed by atoms with Gasteiger partial charge in [0.25, 0.3) is 11.8 Å². The molecule has 2 aromatic rings. The molecule has 1 atom stereocenters. The molecule has 158 valence electrons. The second-order valence-electron chi connectivity index (χ2n) is 7.41. The van der Waals surface area contributed by atoms with E-state index in [1.807, 2.05) is 0 Å². The number of likely N-dealkylation sites (N-methyl/N-ethyl adjacent to an activating group) is 1. The molecule has 0 aliphatic carbocycles. The molecule has 0 spiro atoms. The van der Waals surface area contributed by atoms with Crippen LogP contribution in [-0.4, -0.2) is 47.9 Å². The molecule has 3 rings (SSSR count). The van der Waals surface area contributed by atoms with Crippen LogP contribution >= 0.6 is 11.6 Å². The lowest BCUT2D eigenvalue weighted by Crippen LogP contribution is -2.60. The molecule has 10 heteroatoms. The molecule has 0 fully saturated rings. The highest BCUT2D eigenvalue weighted by Crippen LogP contribution is 2.30. The quantitative estimate of drug-likeness (QED) is 0.683. The molecule has 1 aromatic heterocycles. The Morgan fingerprint density at radius 1 is 1.30 bits per heavy atom. The summed E-state index contributed by atoms with van der Waals surface area (Å²) in [4.78, 5) is 43.1. The van der Waals surface area contributed by atoms with Crippen LogP contribution < -0.4 is 20.9 Å². The van der Waals surface area contributed by atoms with Crippen LogP contribution in [0, 0.1) is 5.82 Å². The van der Waals surface area contributed by atoms with E-state index >= 15 is 0 Å². The van der Waals surface area contributed by atoms with Crippen LogP contribution in [0.25, 0.3) is 0 Å². The number of hydrogen-bond donors (Lipinski definition) is 3. The van der Waals surface area contributed by atoms with Gasteiger partial charge in [-0.15, -0.1) is 0 Å². The second-order valence-corrected chi connectivity index (χ2v) is 7.84. The highest BCUT2D eigenvalue weighted by Gasteiger charge is 2.35. The minimum absolute atomic E-state index is 0.0310. The fourth-order valence-electron chi connectivity index (χ4n) is 2.95. The van der Waals surface area contributed by atoms with Gasteiger partial charge in [-0.2, -0.15) is 0 Å². The molecule has 0 bridgehead atoms. The third kappa shape index (κ3) is 4.51. The average Bonchev–Trinajstić information content (AvgIpc) is 2.80. The van der Waals surface area contributed by atoms with Gasteiger partial charge < -0.3 is 20.9 Å². The SMILES string of the molecule is CN1C(=O)[C@H](NC(=O)C(C)(C)NC(=O)c2ccc(F)cn2)CNc2ccc(Cl)cc21. The first-order valence-corrected chi connectivity index (χ1v) is 9.52. The van der Waals surface area contributed by atoms with E-state index in [-0.39, 0.29) is 18.1 Å². The van der Waals surface area contributed by atoms with E-state index in [0.29, 0.717) is 16.4 Å². The van der Waals surface area contributed by atoms with Crippen molar-refractivity contribution in [2.75, 3.05) is 23.8 Å². The first-order valence-electron chi connectivity index (χ1n) is 9.14. The van der Waals surface area contributed by atoms with Gasteiger partial charge in [-0.05, 0) is 44.2 Å². The number of nitrogens with one attached hydrogen (secondary N) is 3. The molecule has 8 nitrogen and oxygen atoms in total. The third-order valence-electron chi connectivity index (χ3n) is 4.71. The number of aromatic nitrogens is 1. The number of halogens is 2. The van der Waals surface area contributed by atoms with E-state index in [2.05, 4.69) is 20.9 Å². The predicted octanol–water partition coefficient (Wildman–Crippen LogP) is 1.96. The number of amides is 3. The number of fused-ring (bicyclic) bond motifs is 1. The summed E-state index contributed by atoms with van der Waals surface area (Å²) in [6, 6.07) is 6.57. The summed E-state index contributed by atoms with van der Waals surface area (Å²) in [7, 11) is 1.59. The van der Waals surface area contributed by atoms with Crippen LogP contribution in [0.1, 0.15) is 24.3 Å². The highest BCUT2D eigenvalue weighted by molar-refractivity contribution is 6.31. The molecule has 2 heterocycles. The van der Waals surface area contributed by atoms with Gasteiger partial charge in [-0.25, -0.2) is 9.37 Å². The maximum absolute atomic E-state index is 13.0. The largest absolute Gasteiger partial charge is 0.381 e. The number of benzene rings is 1. The molecule has 0 radical (unpaired) electrons. The lowest BCUT2D eigenvalue weighted by molar-refractivity contribution is -0.130.